The monoisotopic (exact) mass is 334 g/mol. The predicted molar refractivity (Wildman–Crippen MR) is 94.3 cm³/mol. The SMILES string of the molecule is C[N+]1(C)CC[Si](c2ccc(F)cc2)(c2ccc(Cl)cc2)CC1. The maximum absolute atomic E-state index is 13.4. The minimum Gasteiger partial charge on any atom is -0.329 e. The highest BCUT2D eigenvalue weighted by atomic mass is 35.5. The van der Waals surface area contributed by atoms with Crippen molar-refractivity contribution >= 4 is 30.0 Å². The van der Waals surface area contributed by atoms with E-state index in [1.165, 1.54) is 35.6 Å². The Bertz CT molecular complexity index is 594. The molecule has 0 aromatic heterocycles. The lowest BCUT2D eigenvalue weighted by Crippen LogP contribution is -2.65. The third-order valence-corrected chi connectivity index (χ3v) is 10.4. The molecule has 116 valence electrons. The number of hydrogen-bond acceptors (Lipinski definition) is 0. The van der Waals surface area contributed by atoms with E-state index < -0.39 is 8.07 Å². The number of rotatable bonds is 2. The summed E-state index contributed by atoms with van der Waals surface area (Å²) in [5, 5.41) is 3.54. The number of halogens is 2. The molecule has 4 heteroatoms. The fraction of sp³-hybridized carbons (Fsp3) is 0.333. The lowest BCUT2D eigenvalue weighted by Gasteiger charge is -2.44. The van der Waals surface area contributed by atoms with Gasteiger partial charge >= 0.3 is 0 Å². The zero-order valence-corrected chi connectivity index (χ0v) is 14.9. The number of hydrogen-bond donors (Lipinski definition) is 0. The van der Waals surface area contributed by atoms with Gasteiger partial charge in [0.1, 0.15) is 13.9 Å². The normalized spacial score (nSPS) is 19.8. The van der Waals surface area contributed by atoms with Gasteiger partial charge in [-0.05, 0) is 24.3 Å². The summed E-state index contributed by atoms with van der Waals surface area (Å²) in [6.07, 6.45) is 0. The molecule has 0 aliphatic carbocycles. The van der Waals surface area contributed by atoms with Gasteiger partial charge in [0.15, 0.2) is 0 Å². The van der Waals surface area contributed by atoms with Crippen LogP contribution in [-0.4, -0.2) is 39.7 Å². The molecule has 1 aliphatic rings. The standard InChI is InChI=1S/C18H22ClFNSi/c1-21(2)11-13-22(14-12-21,17-7-3-15(19)4-8-17)18-9-5-16(20)6-10-18/h3-10H,11-14H2,1-2H3/q+1. The molecule has 0 spiro atoms. The lowest BCUT2D eigenvalue weighted by atomic mass is 10.3. The van der Waals surface area contributed by atoms with Crippen molar-refractivity contribution in [2.24, 2.45) is 0 Å². The molecule has 2 aromatic carbocycles. The Labute approximate surface area is 137 Å². The molecule has 0 unspecified atom stereocenters. The van der Waals surface area contributed by atoms with Gasteiger partial charge in [0.05, 0.1) is 27.2 Å². The number of nitrogens with zero attached hydrogens (tertiary/aromatic N) is 1. The van der Waals surface area contributed by atoms with Crippen LogP contribution in [0.4, 0.5) is 4.39 Å². The Kier molecular flexibility index (Phi) is 4.14. The third kappa shape index (κ3) is 2.98. The Morgan fingerprint density at radius 2 is 1.32 bits per heavy atom. The van der Waals surface area contributed by atoms with E-state index in [0.29, 0.717) is 0 Å². The number of benzene rings is 2. The second kappa shape index (κ2) is 5.80. The van der Waals surface area contributed by atoms with Gasteiger partial charge in [0.2, 0.25) is 0 Å². The largest absolute Gasteiger partial charge is 0.329 e. The van der Waals surface area contributed by atoms with Crippen molar-refractivity contribution in [2.45, 2.75) is 12.1 Å². The van der Waals surface area contributed by atoms with Gasteiger partial charge in [-0.25, -0.2) is 4.39 Å². The first-order valence-corrected chi connectivity index (χ1v) is 10.5. The molecule has 1 heterocycles. The van der Waals surface area contributed by atoms with E-state index in [1.807, 2.05) is 24.3 Å². The number of quaternary nitrogens is 1. The summed E-state index contributed by atoms with van der Waals surface area (Å²) < 4.78 is 14.4. The van der Waals surface area contributed by atoms with Crippen LogP contribution in [0.3, 0.4) is 0 Å². The molecule has 0 amide bonds. The first-order valence-electron chi connectivity index (χ1n) is 7.75. The van der Waals surface area contributed by atoms with E-state index in [4.69, 9.17) is 11.6 Å². The highest BCUT2D eigenvalue weighted by Gasteiger charge is 2.43. The maximum atomic E-state index is 13.4. The van der Waals surface area contributed by atoms with Gasteiger partial charge in [-0.3, -0.25) is 0 Å². The van der Waals surface area contributed by atoms with Crippen molar-refractivity contribution in [1.82, 2.24) is 0 Å². The van der Waals surface area contributed by atoms with Gasteiger partial charge in [0, 0.05) is 17.1 Å². The smallest absolute Gasteiger partial charge is 0.129 e. The van der Waals surface area contributed by atoms with Gasteiger partial charge in [-0.15, -0.1) is 0 Å². The fourth-order valence-corrected chi connectivity index (χ4v) is 8.95. The van der Waals surface area contributed by atoms with Crippen molar-refractivity contribution in [3.8, 4) is 0 Å². The molecule has 2 aromatic rings. The molecule has 1 aliphatic heterocycles. The maximum Gasteiger partial charge on any atom is 0.129 e. The van der Waals surface area contributed by atoms with Crippen LogP contribution in [0.25, 0.3) is 0 Å². The van der Waals surface area contributed by atoms with Crippen molar-refractivity contribution in [3.05, 3.63) is 59.4 Å². The first kappa shape index (κ1) is 15.7. The van der Waals surface area contributed by atoms with Crippen LogP contribution in [0.1, 0.15) is 0 Å². The summed E-state index contributed by atoms with van der Waals surface area (Å²) in [5.41, 5.74) is 0. The lowest BCUT2D eigenvalue weighted by molar-refractivity contribution is -0.888. The fourth-order valence-electron chi connectivity index (χ4n) is 3.51. The quantitative estimate of drug-likeness (QED) is 0.584. The molecule has 0 N–H and O–H groups in total. The molecule has 0 bridgehead atoms. The molecular weight excluding hydrogens is 313 g/mol. The van der Waals surface area contributed by atoms with Crippen molar-refractivity contribution in [2.75, 3.05) is 27.2 Å². The molecule has 1 saturated heterocycles. The van der Waals surface area contributed by atoms with Crippen LogP contribution >= 0.6 is 11.6 Å². The molecule has 1 fully saturated rings. The van der Waals surface area contributed by atoms with Crippen molar-refractivity contribution < 1.29 is 8.87 Å². The highest BCUT2D eigenvalue weighted by molar-refractivity contribution is 7.02. The average molecular weight is 335 g/mol. The van der Waals surface area contributed by atoms with Crippen molar-refractivity contribution in [3.63, 3.8) is 0 Å². The second-order valence-corrected chi connectivity index (χ2v) is 11.7. The minimum absolute atomic E-state index is 0.157. The summed E-state index contributed by atoms with van der Waals surface area (Å²) in [7, 11) is 2.78. The zero-order chi connectivity index (χ0) is 15.8. The Balaban J connectivity index is 2.06. The van der Waals surface area contributed by atoms with Crippen LogP contribution < -0.4 is 10.4 Å². The van der Waals surface area contributed by atoms with Gasteiger partial charge in [0.25, 0.3) is 0 Å². The van der Waals surface area contributed by atoms with E-state index in [1.54, 1.807) is 12.1 Å². The topological polar surface area (TPSA) is 0 Å². The second-order valence-electron chi connectivity index (χ2n) is 6.98. The first-order chi connectivity index (χ1) is 10.4. The van der Waals surface area contributed by atoms with E-state index in [2.05, 4.69) is 26.2 Å². The highest BCUT2D eigenvalue weighted by Crippen LogP contribution is 2.26. The summed E-state index contributed by atoms with van der Waals surface area (Å²) >= 11 is 6.07. The van der Waals surface area contributed by atoms with E-state index >= 15 is 0 Å². The molecule has 0 radical (unpaired) electrons. The predicted octanol–water partition coefficient (Wildman–Crippen LogP) is 3.13. The average Bonchev–Trinajstić information content (AvgIpc) is 2.50. The summed E-state index contributed by atoms with van der Waals surface area (Å²) in [5.74, 6) is -0.157. The van der Waals surface area contributed by atoms with Crippen molar-refractivity contribution in [1.29, 1.82) is 0 Å². The van der Waals surface area contributed by atoms with Gasteiger partial charge in [-0.1, -0.05) is 46.2 Å². The van der Waals surface area contributed by atoms with Gasteiger partial charge < -0.3 is 4.48 Å². The Morgan fingerprint density at radius 1 is 0.864 bits per heavy atom. The minimum atomic E-state index is -1.81. The van der Waals surface area contributed by atoms with Gasteiger partial charge in [-0.2, -0.15) is 0 Å². The third-order valence-electron chi connectivity index (χ3n) is 5.08. The zero-order valence-electron chi connectivity index (χ0n) is 13.2. The summed E-state index contributed by atoms with van der Waals surface area (Å²) in [6.45, 7) is 2.35. The van der Waals surface area contributed by atoms with Crippen LogP contribution in [0.15, 0.2) is 48.5 Å². The van der Waals surface area contributed by atoms with E-state index in [-0.39, 0.29) is 5.82 Å². The Hall–Kier alpha value is -1.16. The summed E-state index contributed by atoms with van der Waals surface area (Å²) in [4.78, 5) is 0. The van der Waals surface area contributed by atoms with Crippen LogP contribution in [0.2, 0.25) is 17.1 Å². The van der Waals surface area contributed by atoms with Crippen LogP contribution in [0.5, 0.6) is 0 Å². The van der Waals surface area contributed by atoms with Crippen LogP contribution in [-0.2, 0) is 0 Å². The van der Waals surface area contributed by atoms with Crippen LogP contribution in [0, 0.1) is 5.82 Å². The molecular formula is C18H22ClFNSi+. The molecule has 1 nitrogen and oxygen atoms in total. The van der Waals surface area contributed by atoms with E-state index in [0.717, 1.165) is 9.51 Å². The van der Waals surface area contributed by atoms with E-state index in [9.17, 15) is 4.39 Å². The molecule has 22 heavy (non-hydrogen) atoms. The Morgan fingerprint density at radius 3 is 1.82 bits per heavy atom. The molecule has 0 atom stereocenters. The molecule has 0 saturated carbocycles. The molecule has 3 rings (SSSR count). The summed E-state index contributed by atoms with van der Waals surface area (Å²) in [6, 6.07) is 18.0.